The molecule has 6 heteroatoms. The summed E-state index contributed by atoms with van der Waals surface area (Å²) in [5, 5.41) is 23.3. The van der Waals surface area contributed by atoms with Crippen molar-refractivity contribution in [2.75, 3.05) is 13.2 Å². The minimum atomic E-state index is -0.853. The Balaban J connectivity index is 3.45. The SMILES string of the molecule is CCCCCCCCCCCCCCCCCCCCCCCCC/C=C/C(O)C(CO)NC(=O)CCCCCCCCC/C=C\C/C=C\CCCCCCCCCCCOC(=O)CCCCCCCCCCCCCCCCCCCC. The van der Waals surface area contributed by atoms with Crippen molar-refractivity contribution in [3.05, 3.63) is 36.5 Å². The molecule has 1 amide bonds. The molecule has 490 valence electrons. The van der Waals surface area contributed by atoms with Crippen LogP contribution in [-0.4, -0.2) is 47.4 Å². The molecular weight excluding hydrogens is 1020 g/mol. The van der Waals surface area contributed by atoms with E-state index in [9.17, 15) is 19.8 Å². The molecule has 3 N–H and O–H groups in total. The molecule has 0 aliphatic heterocycles. The Hall–Kier alpha value is -1.92. The molecule has 0 aromatic heterocycles. The first-order valence-corrected chi connectivity index (χ1v) is 37.8. The smallest absolute Gasteiger partial charge is 0.305 e. The summed E-state index contributed by atoms with van der Waals surface area (Å²) in [7, 11) is 0. The van der Waals surface area contributed by atoms with Crippen molar-refractivity contribution < 1.29 is 24.5 Å². The fourth-order valence-electron chi connectivity index (χ4n) is 11.9. The first-order valence-electron chi connectivity index (χ1n) is 37.8. The first kappa shape index (κ1) is 81.1. The van der Waals surface area contributed by atoms with Crippen LogP contribution in [0.15, 0.2) is 36.5 Å². The Morgan fingerprint density at radius 1 is 0.337 bits per heavy atom. The van der Waals surface area contributed by atoms with Crippen molar-refractivity contribution in [3.63, 3.8) is 0 Å². The topological polar surface area (TPSA) is 95.9 Å². The fourth-order valence-corrected chi connectivity index (χ4v) is 11.9. The summed E-state index contributed by atoms with van der Waals surface area (Å²) in [4.78, 5) is 24.7. The van der Waals surface area contributed by atoms with Gasteiger partial charge < -0.3 is 20.3 Å². The van der Waals surface area contributed by atoms with Crippen LogP contribution in [0.2, 0.25) is 0 Å². The highest BCUT2D eigenvalue weighted by molar-refractivity contribution is 5.76. The van der Waals surface area contributed by atoms with Gasteiger partial charge in [-0.15, -0.1) is 0 Å². The third kappa shape index (κ3) is 69.1. The highest BCUT2D eigenvalue weighted by Crippen LogP contribution is 2.19. The van der Waals surface area contributed by atoms with Crippen LogP contribution in [0, 0.1) is 0 Å². The van der Waals surface area contributed by atoms with E-state index >= 15 is 0 Å². The molecule has 2 unspecified atom stereocenters. The van der Waals surface area contributed by atoms with Crippen molar-refractivity contribution in [1.29, 1.82) is 0 Å². The van der Waals surface area contributed by atoms with Gasteiger partial charge in [-0.25, -0.2) is 0 Å². The number of unbranched alkanes of at least 4 members (excludes halogenated alkanes) is 56. The molecular formula is C77H147NO5. The first-order chi connectivity index (χ1) is 41.0. The number of aliphatic hydroxyl groups is 2. The van der Waals surface area contributed by atoms with Gasteiger partial charge in [-0.1, -0.05) is 378 Å². The minimum absolute atomic E-state index is 0.0118. The summed E-state index contributed by atoms with van der Waals surface area (Å²) in [5.41, 5.74) is 0. The summed E-state index contributed by atoms with van der Waals surface area (Å²) in [5.74, 6) is -0.0623. The minimum Gasteiger partial charge on any atom is -0.466 e. The van der Waals surface area contributed by atoms with Crippen molar-refractivity contribution in [1.82, 2.24) is 5.32 Å². The van der Waals surface area contributed by atoms with Gasteiger partial charge in [-0.2, -0.15) is 0 Å². The van der Waals surface area contributed by atoms with Gasteiger partial charge in [-0.3, -0.25) is 9.59 Å². The van der Waals surface area contributed by atoms with Crippen LogP contribution < -0.4 is 5.32 Å². The molecule has 0 bridgehead atoms. The number of aliphatic hydroxyl groups excluding tert-OH is 2. The predicted octanol–water partition coefficient (Wildman–Crippen LogP) is 24.7. The van der Waals surface area contributed by atoms with Gasteiger partial charge in [-0.05, 0) is 64.2 Å². The summed E-state index contributed by atoms with van der Waals surface area (Å²) < 4.78 is 5.51. The lowest BCUT2D eigenvalue weighted by Gasteiger charge is -2.20. The van der Waals surface area contributed by atoms with Crippen molar-refractivity contribution in [3.8, 4) is 0 Å². The van der Waals surface area contributed by atoms with Gasteiger partial charge in [0.2, 0.25) is 5.91 Å². The van der Waals surface area contributed by atoms with Gasteiger partial charge >= 0.3 is 5.97 Å². The summed E-state index contributed by atoms with van der Waals surface area (Å²) in [6.07, 6.45) is 93.8. The fraction of sp³-hybridized carbons (Fsp3) is 0.896. The molecule has 0 saturated heterocycles. The quantitative estimate of drug-likeness (QED) is 0.0320. The molecule has 2 atom stereocenters. The van der Waals surface area contributed by atoms with Gasteiger partial charge in [0, 0.05) is 12.8 Å². The number of esters is 1. The zero-order valence-corrected chi connectivity index (χ0v) is 56.2. The lowest BCUT2D eigenvalue weighted by molar-refractivity contribution is -0.143. The second-order valence-corrected chi connectivity index (χ2v) is 26.0. The van der Waals surface area contributed by atoms with Gasteiger partial charge in [0.05, 0.1) is 25.4 Å². The van der Waals surface area contributed by atoms with E-state index in [2.05, 4.69) is 43.5 Å². The number of ether oxygens (including phenoxy) is 1. The molecule has 83 heavy (non-hydrogen) atoms. The summed E-state index contributed by atoms with van der Waals surface area (Å²) in [6.45, 7) is 4.94. The maximum absolute atomic E-state index is 12.5. The average Bonchev–Trinajstić information content (AvgIpc) is 3.49. The molecule has 0 heterocycles. The van der Waals surface area contributed by atoms with E-state index in [1.807, 2.05) is 6.08 Å². The maximum atomic E-state index is 12.5. The van der Waals surface area contributed by atoms with E-state index in [0.29, 0.717) is 19.4 Å². The monoisotopic (exact) mass is 1170 g/mol. The normalized spacial score (nSPS) is 12.7. The van der Waals surface area contributed by atoms with E-state index in [0.717, 1.165) is 57.8 Å². The Morgan fingerprint density at radius 3 is 0.916 bits per heavy atom. The van der Waals surface area contributed by atoms with E-state index in [1.54, 1.807) is 6.08 Å². The van der Waals surface area contributed by atoms with E-state index in [-0.39, 0.29) is 18.5 Å². The van der Waals surface area contributed by atoms with Crippen LogP contribution in [0.3, 0.4) is 0 Å². The predicted molar refractivity (Wildman–Crippen MR) is 366 cm³/mol. The van der Waals surface area contributed by atoms with Gasteiger partial charge in [0.15, 0.2) is 0 Å². The number of carbonyl (C=O) groups is 2. The second-order valence-electron chi connectivity index (χ2n) is 26.0. The molecule has 6 nitrogen and oxygen atoms in total. The molecule has 0 saturated carbocycles. The average molecular weight is 1170 g/mol. The Bertz CT molecular complexity index is 1340. The Labute approximate surface area is 519 Å². The van der Waals surface area contributed by atoms with Crippen molar-refractivity contribution >= 4 is 11.9 Å². The number of rotatable bonds is 71. The lowest BCUT2D eigenvalue weighted by atomic mass is 10.0. The summed E-state index contributed by atoms with van der Waals surface area (Å²) in [6, 6.07) is -0.638. The lowest BCUT2D eigenvalue weighted by Crippen LogP contribution is -2.45. The number of allylic oxidation sites excluding steroid dienone is 5. The zero-order chi connectivity index (χ0) is 59.9. The number of hydrogen-bond donors (Lipinski definition) is 3. The maximum Gasteiger partial charge on any atom is 0.305 e. The largest absolute Gasteiger partial charge is 0.466 e. The molecule has 0 radical (unpaired) electrons. The Kier molecular flexibility index (Phi) is 70.9. The molecule has 0 rings (SSSR count). The summed E-state index contributed by atoms with van der Waals surface area (Å²) >= 11 is 0. The van der Waals surface area contributed by atoms with Crippen molar-refractivity contribution in [2.24, 2.45) is 0 Å². The third-order valence-electron chi connectivity index (χ3n) is 17.7. The Morgan fingerprint density at radius 2 is 0.602 bits per heavy atom. The van der Waals surface area contributed by atoms with Crippen LogP contribution in [-0.2, 0) is 14.3 Å². The van der Waals surface area contributed by atoms with Crippen LogP contribution in [0.1, 0.15) is 418 Å². The highest BCUT2D eigenvalue weighted by atomic mass is 16.5. The number of hydrogen-bond acceptors (Lipinski definition) is 5. The third-order valence-corrected chi connectivity index (χ3v) is 17.7. The van der Waals surface area contributed by atoms with Gasteiger partial charge in [0.25, 0.3) is 0 Å². The molecule has 0 aliphatic rings. The molecule has 0 spiro atoms. The molecule has 0 fully saturated rings. The van der Waals surface area contributed by atoms with Crippen LogP contribution >= 0.6 is 0 Å². The standard InChI is InChI=1S/C77H147NO5/c1-3-5-7-9-11-13-15-17-19-21-23-24-25-26-28-31-34-37-41-45-49-53-57-61-65-69-75(80)74(73-79)78-76(81)70-66-62-58-54-50-46-42-38-35-32-29-27-30-33-36-40-44-48-52-56-60-64-68-72-83-77(82)71-67-63-59-55-51-47-43-39-22-20-18-16-14-12-10-8-6-4-2/h27,30,32,35,65,69,74-75,79-80H,3-26,28-29,31,33-34,36-64,66-68,70-73H2,1-2H3,(H,78,81)/b30-27-,35-32-,69-65+. The highest BCUT2D eigenvalue weighted by Gasteiger charge is 2.18. The van der Waals surface area contributed by atoms with Crippen LogP contribution in [0.5, 0.6) is 0 Å². The molecule has 0 aliphatic carbocycles. The van der Waals surface area contributed by atoms with Crippen LogP contribution in [0.25, 0.3) is 0 Å². The molecule has 0 aromatic carbocycles. The zero-order valence-electron chi connectivity index (χ0n) is 56.2. The molecule has 0 aromatic rings. The van der Waals surface area contributed by atoms with Crippen LogP contribution in [0.4, 0.5) is 0 Å². The second kappa shape index (κ2) is 72.6. The number of nitrogens with one attached hydrogen (secondary N) is 1. The number of carbonyl (C=O) groups excluding carboxylic acids is 2. The van der Waals surface area contributed by atoms with Gasteiger partial charge in [0.1, 0.15) is 0 Å². The number of amides is 1. The van der Waals surface area contributed by atoms with E-state index in [1.165, 1.54) is 334 Å². The van der Waals surface area contributed by atoms with E-state index < -0.39 is 12.1 Å². The van der Waals surface area contributed by atoms with Crippen molar-refractivity contribution in [2.45, 2.75) is 431 Å². The van der Waals surface area contributed by atoms with E-state index in [4.69, 9.17) is 4.74 Å².